The van der Waals surface area contributed by atoms with Crippen molar-refractivity contribution < 1.29 is 14.6 Å². The fourth-order valence-electron chi connectivity index (χ4n) is 1.87. The zero-order chi connectivity index (χ0) is 17.3. The van der Waals surface area contributed by atoms with Crippen LogP contribution in [0.1, 0.15) is 33.1 Å². The van der Waals surface area contributed by atoms with Crippen molar-refractivity contribution in [3.05, 3.63) is 10.1 Å². The van der Waals surface area contributed by atoms with Crippen molar-refractivity contribution in [3.63, 3.8) is 0 Å². The van der Waals surface area contributed by atoms with Crippen LogP contribution in [-0.4, -0.2) is 46.8 Å². The largest absolute Gasteiger partial charge is 0.370 e. The predicted octanol–water partition coefficient (Wildman–Crippen LogP) is -0.999. The number of aliphatic imine (C=N–C) groups is 1. The molecule has 2 atom stereocenters. The molecule has 22 heavy (non-hydrogen) atoms. The van der Waals surface area contributed by atoms with Crippen LogP contribution in [-0.2, 0) is 9.59 Å². The summed E-state index contributed by atoms with van der Waals surface area (Å²) < 4.78 is 0. The van der Waals surface area contributed by atoms with Gasteiger partial charge in [-0.3, -0.25) is 9.79 Å². The van der Waals surface area contributed by atoms with E-state index in [-0.39, 0.29) is 31.3 Å². The average Bonchev–Trinajstić information content (AvgIpc) is 2.41. The van der Waals surface area contributed by atoms with E-state index in [0.717, 1.165) is 0 Å². The molecule has 0 aromatic carbocycles. The van der Waals surface area contributed by atoms with Crippen molar-refractivity contribution in [1.82, 2.24) is 5.01 Å². The highest BCUT2D eigenvalue weighted by Gasteiger charge is 2.36. The first kappa shape index (κ1) is 19.8. The number of carbonyl (C=O) groups excluding carboxylic acids is 2. The van der Waals surface area contributed by atoms with Gasteiger partial charge in [-0.25, -0.2) is 10.1 Å². The Kier molecular flexibility index (Phi) is 8.68. The van der Waals surface area contributed by atoms with E-state index in [1.165, 1.54) is 0 Å². The number of hydrazine groups is 1. The number of nitrogens with two attached hydrogens (primary N) is 3. The first-order valence-electron chi connectivity index (χ1n) is 6.94. The smallest absolute Gasteiger partial charge is 0.300 e. The van der Waals surface area contributed by atoms with Gasteiger partial charge in [-0.1, -0.05) is 13.8 Å². The van der Waals surface area contributed by atoms with E-state index < -0.39 is 23.0 Å². The summed E-state index contributed by atoms with van der Waals surface area (Å²) >= 11 is 0. The van der Waals surface area contributed by atoms with Gasteiger partial charge < -0.3 is 22.0 Å². The van der Waals surface area contributed by atoms with Gasteiger partial charge in [-0.15, -0.1) is 0 Å². The number of hydrogen-bond donors (Lipinski definition) is 3. The minimum Gasteiger partial charge on any atom is -0.370 e. The van der Waals surface area contributed by atoms with Gasteiger partial charge in [0.15, 0.2) is 17.0 Å². The number of guanidine groups is 1. The lowest BCUT2D eigenvalue weighted by Crippen LogP contribution is -2.52. The highest BCUT2D eigenvalue weighted by Crippen LogP contribution is 2.12. The lowest BCUT2D eigenvalue weighted by molar-refractivity contribution is -0.640. The standard InChI is InChI=1S/C12H24N6O4/c1-8(2)6-9(7-19)17(18(21)22)11(20)10(13)4-3-5-16-12(14)15/h7-10H,3-6,13H2,1-2H3,(H4,14,15,16)/t9-,10-/m0/s1. The Morgan fingerprint density at radius 3 is 2.41 bits per heavy atom. The molecule has 0 aromatic rings. The molecular formula is C12H24N6O4. The van der Waals surface area contributed by atoms with Gasteiger partial charge in [0, 0.05) is 6.54 Å². The van der Waals surface area contributed by atoms with Crippen LogP contribution in [0.3, 0.4) is 0 Å². The van der Waals surface area contributed by atoms with Gasteiger partial charge in [0.1, 0.15) is 6.29 Å². The Morgan fingerprint density at radius 1 is 1.41 bits per heavy atom. The lowest BCUT2D eigenvalue weighted by Gasteiger charge is -2.22. The Morgan fingerprint density at radius 2 is 2.00 bits per heavy atom. The van der Waals surface area contributed by atoms with E-state index in [4.69, 9.17) is 17.2 Å². The van der Waals surface area contributed by atoms with Crippen LogP contribution >= 0.6 is 0 Å². The molecule has 0 spiro atoms. The SMILES string of the molecule is CC(C)C[C@@H](C=O)N(C(=O)[C@@H](N)CCCN=C(N)N)[N+](=O)[O-]. The Bertz CT molecular complexity index is 422. The Labute approximate surface area is 128 Å². The second-order valence-corrected chi connectivity index (χ2v) is 5.31. The molecule has 0 aliphatic heterocycles. The van der Waals surface area contributed by atoms with E-state index in [0.29, 0.717) is 17.7 Å². The molecule has 10 nitrogen and oxygen atoms in total. The Balaban J connectivity index is 4.79. The summed E-state index contributed by atoms with van der Waals surface area (Å²) in [6.45, 7) is 3.87. The molecule has 0 rings (SSSR count). The van der Waals surface area contributed by atoms with Crippen molar-refractivity contribution >= 4 is 18.2 Å². The molecule has 0 aromatic heterocycles. The topological polar surface area (TPSA) is 171 Å². The molecule has 0 saturated carbocycles. The number of carbonyl (C=O) groups is 2. The van der Waals surface area contributed by atoms with Crippen molar-refractivity contribution in [2.45, 2.75) is 45.2 Å². The molecule has 0 fully saturated rings. The fraction of sp³-hybridized carbons (Fsp3) is 0.750. The molecular weight excluding hydrogens is 292 g/mol. The van der Waals surface area contributed by atoms with Crippen LogP contribution in [0.5, 0.6) is 0 Å². The quantitative estimate of drug-likeness (QED) is 0.116. The molecule has 0 aliphatic carbocycles. The minimum absolute atomic E-state index is 0.0172. The monoisotopic (exact) mass is 316 g/mol. The predicted molar refractivity (Wildman–Crippen MR) is 81.0 cm³/mol. The first-order chi connectivity index (χ1) is 10.2. The fourth-order valence-corrected chi connectivity index (χ4v) is 1.87. The maximum Gasteiger partial charge on any atom is 0.300 e. The van der Waals surface area contributed by atoms with E-state index in [1.54, 1.807) is 13.8 Å². The number of hydrogen-bond acceptors (Lipinski definition) is 6. The minimum atomic E-state index is -1.13. The summed E-state index contributed by atoms with van der Waals surface area (Å²) in [6, 6.07) is -2.22. The molecule has 6 N–H and O–H groups in total. The van der Waals surface area contributed by atoms with E-state index in [9.17, 15) is 19.7 Å². The Hall–Kier alpha value is -2.23. The highest BCUT2D eigenvalue weighted by atomic mass is 16.7. The molecule has 0 radical (unpaired) electrons. The van der Waals surface area contributed by atoms with E-state index >= 15 is 0 Å². The number of amides is 1. The molecule has 126 valence electrons. The number of nitrogens with zero attached hydrogens (tertiary/aromatic N) is 3. The van der Waals surface area contributed by atoms with Crippen LogP contribution in [0, 0.1) is 16.0 Å². The number of rotatable bonds is 10. The van der Waals surface area contributed by atoms with Gasteiger partial charge in [-0.2, -0.15) is 0 Å². The normalized spacial score (nSPS) is 13.3. The molecule has 1 amide bonds. The van der Waals surface area contributed by atoms with Crippen molar-refractivity contribution in [3.8, 4) is 0 Å². The molecule has 0 saturated heterocycles. The summed E-state index contributed by atoms with van der Waals surface area (Å²) in [4.78, 5) is 38.0. The molecule has 0 bridgehead atoms. The molecule has 0 aliphatic rings. The summed E-state index contributed by atoms with van der Waals surface area (Å²) in [6.07, 6.45) is 1.16. The molecule has 0 unspecified atom stereocenters. The van der Waals surface area contributed by atoms with Crippen LogP contribution in [0.2, 0.25) is 0 Å². The van der Waals surface area contributed by atoms with Gasteiger partial charge >= 0.3 is 5.91 Å². The van der Waals surface area contributed by atoms with Crippen LogP contribution < -0.4 is 17.2 Å². The zero-order valence-corrected chi connectivity index (χ0v) is 12.8. The zero-order valence-electron chi connectivity index (χ0n) is 12.8. The summed E-state index contributed by atoms with van der Waals surface area (Å²) in [5.74, 6) is -0.958. The van der Waals surface area contributed by atoms with Crippen LogP contribution in [0.15, 0.2) is 4.99 Å². The van der Waals surface area contributed by atoms with Gasteiger partial charge in [-0.05, 0) is 30.2 Å². The van der Waals surface area contributed by atoms with Gasteiger partial charge in [0.25, 0.3) is 0 Å². The summed E-state index contributed by atoms with van der Waals surface area (Å²) in [5.41, 5.74) is 16.0. The third kappa shape index (κ3) is 6.97. The highest BCUT2D eigenvalue weighted by molar-refractivity contribution is 5.83. The van der Waals surface area contributed by atoms with Crippen LogP contribution in [0.4, 0.5) is 0 Å². The van der Waals surface area contributed by atoms with E-state index in [1.807, 2.05) is 0 Å². The number of nitro groups is 1. The van der Waals surface area contributed by atoms with Crippen molar-refractivity contribution in [2.24, 2.45) is 28.1 Å². The third-order valence-corrected chi connectivity index (χ3v) is 2.87. The summed E-state index contributed by atoms with van der Waals surface area (Å²) in [5, 5.41) is 10.5. The first-order valence-corrected chi connectivity index (χ1v) is 6.94. The van der Waals surface area contributed by atoms with Gasteiger partial charge in [0.05, 0.1) is 6.04 Å². The molecule has 10 heteroatoms. The molecule has 0 heterocycles. The maximum atomic E-state index is 12.1. The van der Waals surface area contributed by atoms with Gasteiger partial charge in [0.2, 0.25) is 0 Å². The third-order valence-electron chi connectivity index (χ3n) is 2.87. The van der Waals surface area contributed by atoms with Crippen molar-refractivity contribution in [2.75, 3.05) is 6.54 Å². The van der Waals surface area contributed by atoms with E-state index in [2.05, 4.69) is 4.99 Å². The second kappa shape index (κ2) is 9.66. The summed E-state index contributed by atoms with van der Waals surface area (Å²) in [7, 11) is 0. The van der Waals surface area contributed by atoms with Crippen molar-refractivity contribution in [1.29, 1.82) is 0 Å². The number of aldehydes is 1. The lowest BCUT2D eigenvalue weighted by atomic mass is 10.0. The second-order valence-electron chi connectivity index (χ2n) is 5.31. The van der Waals surface area contributed by atoms with Crippen LogP contribution in [0.25, 0.3) is 0 Å². The maximum absolute atomic E-state index is 12.1. The average molecular weight is 316 g/mol.